The Hall–Kier alpha value is -1.85. The van der Waals surface area contributed by atoms with E-state index in [0.717, 1.165) is 44.6 Å². The number of likely N-dealkylation sites (tertiary alicyclic amines) is 1. The van der Waals surface area contributed by atoms with Crippen LogP contribution in [0.25, 0.3) is 0 Å². The van der Waals surface area contributed by atoms with Gasteiger partial charge < -0.3 is 10.1 Å². The topological polar surface area (TPSA) is 41.6 Å². The molecule has 1 aromatic carbocycles. The van der Waals surface area contributed by atoms with E-state index in [9.17, 15) is 4.79 Å². The number of fused-ring (bicyclic) bond motifs is 1. The average Bonchev–Trinajstić information content (AvgIpc) is 3.16. The van der Waals surface area contributed by atoms with Crippen LogP contribution in [0.1, 0.15) is 56.6 Å². The molecular weight excluding hydrogens is 368 g/mol. The molecule has 1 spiro atoms. The smallest absolute Gasteiger partial charge is 0.220 e. The summed E-state index contributed by atoms with van der Waals surface area (Å²) in [5.74, 6) is 1.34. The molecule has 1 atom stereocenters. The second kappa shape index (κ2) is 8.26. The lowest BCUT2D eigenvalue weighted by molar-refractivity contribution is -0.122. The highest BCUT2D eigenvalue weighted by Gasteiger charge is 2.43. The van der Waals surface area contributed by atoms with Crippen LogP contribution >= 0.6 is 11.3 Å². The van der Waals surface area contributed by atoms with Gasteiger partial charge in [-0.15, -0.1) is 0 Å². The fourth-order valence-corrected chi connectivity index (χ4v) is 5.26. The van der Waals surface area contributed by atoms with E-state index in [2.05, 4.69) is 45.2 Å². The molecule has 0 radical (unpaired) electrons. The Morgan fingerprint density at radius 2 is 2.07 bits per heavy atom. The Balaban J connectivity index is 1.46. The third kappa shape index (κ3) is 4.41. The number of thiophene rings is 1. The van der Waals surface area contributed by atoms with Crippen LogP contribution in [0.2, 0.25) is 0 Å². The van der Waals surface area contributed by atoms with Crippen molar-refractivity contribution in [1.29, 1.82) is 0 Å². The number of hydrogen-bond donors (Lipinski definition) is 1. The third-order valence-electron chi connectivity index (χ3n) is 5.94. The molecule has 2 aliphatic heterocycles. The van der Waals surface area contributed by atoms with Crippen LogP contribution < -0.4 is 10.1 Å². The maximum atomic E-state index is 12.5. The van der Waals surface area contributed by atoms with Crippen LogP contribution in [-0.4, -0.2) is 35.5 Å². The largest absolute Gasteiger partial charge is 0.487 e. The molecule has 4 nitrogen and oxygen atoms in total. The number of benzene rings is 1. The summed E-state index contributed by atoms with van der Waals surface area (Å²) < 4.78 is 6.58. The van der Waals surface area contributed by atoms with Crippen molar-refractivity contribution in [2.45, 2.75) is 63.6 Å². The molecule has 3 heterocycles. The quantitative estimate of drug-likeness (QED) is 0.802. The van der Waals surface area contributed by atoms with E-state index in [1.54, 1.807) is 11.3 Å². The zero-order chi connectivity index (χ0) is 19.6. The summed E-state index contributed by atoms with van der Waals surface area (Å²) in [4.78, 5) is 15.0. The summed E-state index contributed by atoms with van der Waals surface area (Å²) >= 11 is 1.76. The van der Waals surface area contributed by atoms with Crippen molar-refractivity contribution < 1.29 is 9.53 Å². The van der Waals surface area contributed by atoms with Gasteiger partial charge in [-0.05, 0) is 67.1 Å². The number of carbonyl (C=O) groups is 1. The highest BCUT2D eigenvalue weighted by molar-refractivity contribution is 7.07. The first-order valence-corrected chi connectivity index (χ1v) is 11.3. The number of piperidine rings is 1. The number of carbonyl (C=O) groups excluding carboxylic acids is 1. The Kier molecular flexibility index (Phi) is 5.74. The molecule has 4 rings (SSSR count). The first-order valence-electron chi connectivity index (χ1n) is 10.3. The number of rotatable bonds is 5. The standard InChI is InChI=1S/C23H30N2O2S/c1-17(2)24-22(26)13-19-14-23(27-21-6-4-3-5-20(19)21)8-10-25(11-9-23)15-18-7-12-28-16-18/h3-7,12,16-17,19H,8-11,13-15H2,1-2H3,(H,24,26)/t19-/m1/s1. The lowest BCUT2D eigenvalue weighted by Crippen LogP contribution is -2.50. The number of amides is 1. The summed E-state index contributed by atoms with van der Waals surface area (Å²) in [7, 11) is 0. The zero-order valence-corrected chi connectivity index (χ0v) is 17.6. The van der Waals surface area contributed by atoms with Crippen molar-refractivity contribution in [3.63, 3.8) is 0 Å². The van der Waals surface area contributed by atoms with E-state index >= 15 is 0 Å². The number of para-hydroxylation sites is 1. The molecule has 2 aliphatic rings. The van der Waals surface area contributed by atoms with Crippen molar-refractivity contribution in [1.82, 2.24) is 10.2 Å². The van der Waals surface area contributed by atoms with E-state index in [0.29, 0.717) is 6.42 Å². The third-order valence-corrected chi connectivity index (χ3v) is 6.67. The van der Waals surface area contributed by atoms with Gasteiger partial charge in [-0.25, -0.2) is 0 Å². The van der Waals surface area contributed by atoms with E-state index in [4.69, 9.17) is 4.74 Å². The number of nitrogens with zero attached hydrogens (tertiary/aromatic N) is 1. The van der Waals surface area contributed by atoms with Crippen molar-refractivity contribution in [2.24, 2.45) is 0 Å². The molecule has 0 unspecified atom stereocenters. The van der Waals surface area contributed by atoms with E-state index in [1.165, 1.54) is 11.1 Å². The second-order valence-electron chi connectivity index (χ2n) is 8.56. The number of hydrogen-bond acceptors (Lipinski definition) is 4. The van der Waals surface area contributed by atoms with E-state index < -0.39 is 0 Å². The average molecular weight is 399 g/mol. The lowest BCUT2D eigenvalue weighted by Gasteiger charge is -2.47. The molecule has 1 aromatic heterocycles. The Labute approximate surface area is 171 Å². The fraction of sp³-hybridized carbons (Fsp3) is 0.522. The molecule has 150 valence electrons. The SMILES string of the molecule is CC(C)NC(=O)C[C@@H]1CC2(CCN(Cc3ccsc3)CC2)Oc2ccccc21. The summed E-state index contributed by atoms with van der Waals surface area (Å²) in [6.45, 7) is 7.14. The molecule has 1 N–H and O–H groups in total. The Morgan fingerprint density at radius 3 is 2.79 bits per heavy atom. The first kappa shape index (κ1) is 19.5. The maximum absolute atomic E-state index is 12.5. The van der Waals surface area contributed by atoms with E-state index in [-0.39, 0.29) is 23.5 Å². The molecule has 5 heteroatoms. The normalized spacial score (nSPS) is 21.3. The van der Waals surface area contributed by atoms with Crippen LogP contribution in [0.3, 0.4) is 0 Å². The van der Waals surface area contributed by atoms with E-state index in [1.807, 2.05) is 19.9 Å². The first-order chi connectivity index (χ1) is 13.5. The second-order valence-corrected chi connectivity index (χ2v) is 9.34. The minimum absolute atomic E-state index is 0.137. The molecular formula is C23H30N2O2S. The molecule has 28 heavy (non-hydrogen) atoms. The lowest BCUT2D eigenvalue weighted by atomic mass is 9.76. The zero-order valence-electron chi connectivity index (χ0n) is 16.8. The number of nitrogens with one attached hydrogen (secondary N) is 1. The van der Waals surface area contributed by atoms with Gasteiger partial charge in [0.2, 0.25) is 5.91 Å². The summed E-state index contributed by atoms with van der Waals surface area (Å²) in [5.41, 5.74) is 2.45. The summed E-state index contributed by atoms with van der Waals surface area (Å²) in [5, 5.41) is 7.44. The predicted octanol–water partition coefficient (Wildman–Crippen LogP) is 4.56. The van der Waals surface area contributed by atoms with Crippen LogP contribution in [-0.2, 0) is 11.3 Å². The number of ether oxygens (including phenoxy) is 1. The van der Waals surface area contributed by atoms with Gasteiger partial charge in [0.1, 0.15) is 11.4 Å². The van der Waals surface area contributed by atoms with Crippen molar-refractivity contribution in [2.75, 3.05) is 13.1 Å². The van der Waals surface area contributed by atoms with Crippen molar-refractivity contribution in [3.05, 3.63) is 52.2 Å². The minimum atomic E-state index is -0.137. The molecule has 1 fully saturated rings. The summed E-state index contributed by atoms with van der Waals surface area (Å²) in [6, 6.07) is 10.7. The molecule has 0 bridgehead atoms. The predicted molar refractivity (Wildman–Crippen MR) is 114 cm³/mol. The molecule has 0 aliphatic carbocycles. The molecule has 1 amide bonds. The highest BCUT2D eigenvalue weighted by atomic mass is 32.1. The van der Waals surface area contributed by atoms with Gasteiger partial charge in [-0.2, -0.15) is 11.3 Å². The van der Waals surface area contributed by atoms with Gasteiger partial charge in [0.15, 0.2) is 0 Å². The molecule has 0 saturated carbocycles. The minimum Gasteiger partial charge on any atom is -0.487 e. The van der Waals surface area contributed by atoms with Gasteiger partial charge in [-0.1, -0.05) is 18.2 Å². The van der Waals surface area contributed by atoms with Crippen LogP contribution in [0, 0.1) is 0 Å². The highest BCUT2D eigenvalue weighted by Crippen LogP contribution is 2.46. The van der Waals surface area contributed by atoms with Crippen LogP contribution in [0.15, 0.2) is 41.1 Å². The summed E-state index contributed by atoms with van der Waals surface area (Å²) in [6.07, 6.45) is 3.52. The van der Waals surface area contributed by atoms with Crippen molar-refractivity contribution in [3.8, 4) is 5.75 Å². The van der Waals surface area contributed by atoms with Crippen LogP contribution in [0.5, 0.6) is 5.75 Å². The molecule has 1 saturated heterocycles. The fourth-order valence-electron chi connectivity index (χ4n) is 4.60. The monoisotopic (exact) mass is 398 g/mol. The van der Waals surface area contributed by atoms with Crippen LogP contribution in [0.4, 0.5) is 0 Å². The van der Waals surface area contributed by atoms with Gasteiger partial charge in [0.05, 0.1) is 0 Å². The maximum Gasteiger partial charge on any atom is 0.220 e. The van der Waals surface area contributed by atoms with Gasteiger partial charge in [0.25, 0.3) is 0 Å². The van der Waals surface area contributed by atoms with Gasteiger partial charge in [0, 0.05) is 38.0 Å². The van der Waals surface area contributed by atoms with Crippen molar-refractivity contribution >= 4 is 17.2 Å². The molecule has 2 aromatic rings. The van der Waals surface area contributed by atoms with Gasteiger partial charge >= 0.3 is 0 Å². The Bertz CT molecular complexity index is 795. The Morgan fingerprint density at radius 1 is 1.29 bits per heavy atom. The van der Waals surface area contributed by atoms with Gasteiger partial charge in [-0.3, -0.25) is 9.69 Å².